The van der Waals surface area contributed by atoms with Gasteiger partial charge in [-0.15, -0.1) is 0 Å². The number of fused-ring (bicyclic) bond motifs is 1. The van der Waals surface area contributed by atoms with Crippen molar-refractivity contribution in [2.45, 2.75) is 40.0 Å². The second-order valence-electron chi connectivity index (χ2n) is 6.06. The van der Waals surface area contributed by atoms with Crippen molar-refractivity contribution in [3.05, 3.63) is 40.6 Å². The minimum absolute atomic E-state index is 0.169. The van der Waals surface area contributed by atoms with Crippen molar-refractivity contribution in [1.29, 1.82) is 0 Å². The third-order valence-corrected chi connectivity index (χ3v) is 3.42. The second-order valence-corrected chi connectivity index (χ2v) is 6.06. The molecule has 19 heavy (non-hydrogen) atoms. The summed E-state index contributed by atoms with van der Waals surface area (Å²) in [5, 5.41) is 10.1. The average Bonchev–Trinajstić information content (AvgIpc) is 2.27. The molecule has 2 aromatic rings. The van der Waals surface area contributed by atoms with Crippen molar-refractivity contribution in [2.75, 3.05) is 0 Å². The first-order valence-electron chi connectivity index (χ1n) is 6.36. The van der Waals surface area contributed by atoms with Crippen molar-refractivity contribution in [1.82, 2.24) is 4.98 Å². The number of hydrogen-bond donors (Lipinski definition) is 1. The van der Waals surface area contributed by atoms with Crippen LogP contribution in [0, 0.1) is 13.8 Å². The quantitative estimate of drug-likeness (QED) is 0.844. The molecule has 1 heterocycles. The third kappa shape index (κ3) is 2.46. The highest BCUT2D eigenvalue weighted by Crippen LogP contribution is 2.28. The van der Waals surface area contributed by atoms with Gasteiger partial charge in [-0.25, -0.2) is 4.79 Å². The van der Waals surface area contributed by atoms with Gasteiger partial charge in [0.15, 0.2) is 0 Å². The van der Waals surface area contributed by atoms with E-state index in [0.717, 1.165) is 22.3 Å². The largest absolute Gasteiger partial charge is 0.478 e. The molecule has 0 aliphatic carbocycles. The number of carboxylic acids is 1. The highest BCUT2D eigenvalue weighted by Gasteiger charge is 2.20. The van der Waals surface area contributed by atoms with Crippen LogP contribution in [0.1, 0.15) is 48.0 Å². The van der Waals surface area contributed by atoms with Crippen LogP contribution in [-0.4, -0.2) is 16.1 Å². The van der Waals surface area contributed by atoms with E-state index in [4.69, 9.17) is 0 Å². The Morgan fingerprint density at radius 3 is 2.21 bits per heavy atom. The number of benzene rings is 1. The van der Waals surface area contributed by atoms with E-state index in [9.17, 15) is 9.90 Å². The van der Waals surface area contributed by atoms with Crippen LogP contribution in [0.5, 0.6) is 0 Å². The Morgan fingerprint density at radius 1 is 1.11 bits per heavy atom. The van der Waals surface area contributed by atoms with Crippen LogP contribution >= 0.6 is 0 Å². The Bertz CT molecular complexity index is 666. The summed E-state index contributed by atoms with van der Waals surface area (Å²) in [4.78, 5) is 16.1. The van der Waals surface area contributed by atoms with E-state index in [2.05, 4.69) is 4.98 Å². The summed E-state index contributed by atoms with van der Waals surface area (Å²) in [6, 6.07) is 5.57. The van der Waals surface area contributed by atoms with Gasteiger partial charge >= 0.3 is 5.97 Å². The zero-order chi connectivity index (χ0) is 14.4. The minimum atomic E-state index is -0.902. The average molecular weight is 257 g/mol. The second kappa shape index (κ2) is 4.34. The third-order valence-electron chi connectivity index (χ3n) is 3.42. The Kier molecular flexibility index (Phi) is 3.09. The van der Waals surface area contributed by atoms with Gasteiger partial charge in [-0.1, -0.05) is 20.8 Å². The molecule has 2 rings (SSSR count). The maximum atomic E-state index is 11.5. The fourth-order valence-electron chi connectivity index (χ4n) is 2.05. The predicted octanol–water partition coefficient (Wildman–Crippen LogP) is 3.85. The van der Waals surface area contributed by atoms with Gasteiger partial charge in [0, 0.05) is 16.5 Å². The van der Waals surface area contributed by atoms with Crippen molar-refractivity contribution in [3.8, 4) is 0 Å². The number of pyridine rings is 1. The number of aryl methyl sites for hydroxylation is 2. The summed E-state index contributed by atoms with van der Waals surface area (Å²) in [6.45, 7) is 10.1. The fraction of sp³-hybridized carbons (Fsp3) is 0.375. The molecule has 1 aromatic heterocycles. The number of carbonyl (C=O) groups is 1. The van der Waals surface area contributed by atoms with Crippen molar-refractivity contribution in [2.24, 2.45) is 0 Å². The monoisotopic (exact) mass is 257 g/mol. The first kappa shape index (κ1) is 13.5. The molecule has 3 nitrogen and oxygen atoms in total. The lowest BCUT2D eigenvalue weighted by molar-refractivity contribution is 0.0699. The molecule has 0 amide bonds. The van der Waals surface area contributed by atoms with Crippen LogP contribution in [0.2, 0.25) is 0 Å². The molecule has 0 atom stereocenters. The molecule has 0 spiro atoms. The Morgan fingerprint density at radius 2 is 1.68 bits per heavy atom. The molecule has 0 unspecified atom stereocenters. The standard InChI is InChI=1S/C16H19NO2/c1-9-6-11-12(15(18)19)8-14(16(3,4)5)17-13(11)7-10(9)2/h6-8H,1-5H3,(H,18,19). The van der Waals surface area contributed by atoms with Crippen molar-refractivity contribution >= 4 is 16.9 Å². The molecule has 0 saturated heterocycles. The number of hydrogen-bond acceptors (Lipinski definition) is 2. The number of aromatic carboxylic acids is 1. The normalized spacial score (nSPS) is 11.8. The van der Waals surface area contributed by atoms with Gasteiger partial charge in [-0.2, -0.15) is 0 Å². The molecule has 3 heteroatoms. The molecule has 1 aromatic carbocycles. The topological polar surface area (TPSA) is 50.2 Å². The zero-order valence-electron chi connectivity index (χ0n) is 12.0. The molecular formula is C16H19NO2. The Balaban J connectivity index is 2.88. The van der Waals surface area contributed by atoms with Gasteiger partial charge in [0.2, 0.25) is 0 Å². The molecule has 0 aliphatic heterocycles. The Labute approximate surface area is 113 Å². The highest BCUT2D eigenvalue weighted by atomic mass is 16.4. The molecule has 1 N–H and O–H groups in total. The maximum Gasteiger partial charge on any atom is 0.336 e. The summed E-state index contributed by atoms with van der Waals surface area (Å²) < 4.78 is 0. The number of aromatic nitrogens is 1. The van der Waals surface area contributed by atoms with Crippen LogP contribution < -0.4 is 0 Å². The fourth-order valence-corrected chi connectivity index (χ4v) is 2.05. The van der Waals surface area contributed by atoms with E-state index in [1.807, 2.05) is 46.8 Å². The molecule has 100 valence electrons. The van der Waals surface area contributed by atoms with E-state index in [0.29, 0.717) is 10.9 Å². The van der Waals surface area contributed by atoms with E-state index >= 15 is 0 Å². The molecular weight excluding hydrogens is 238 g/mol. The van der Waals surface area contributed by atoms with Gasteiger partial charge in [-0.05, 0) is 43.2 Å². The first-order chi connectivity index (χ1) is 8.70. The molecule has 0 radical (unpaired) electrons. The smallest absolute Gasteiger partial charge is 0.336 e. The first-order valence-corrected chi connectivity index (χ1v) is 6.36. The number of carboxylic acid groups (broad SMARTS) is 1. The van der Waals surface area contributed by atoms with Crippen LogP contribution in [-0.2, 0) is 5.41 Å². The lowest BCUT2D eigenvalue weighted by Gasteiger charge is -2.19. The molecule has 0 saturated carbocycles. The summed E-state index contributed by atoms with van der Waals surface area (Å²) in [6.07, 6.45) is 0. The lowest BCUT2D eigenvalue weighted by atomic mass is 9.89. The number of rotatable bonds is 1. The highest BCUT2D eigenvalue weighted by molar-refractivity contribution is 6.03. The summed E-state index contributed by atoms with van der Waals surface area (Å²) >= 11 is 0. The van der Waals surface area contributed by atoms with Gasteiger partial charge < -0.3 is 5.11 Å². The summed E-state index contributed by atoms with van der Waals surface area (Å²) in [7, 11) is 0. The maximum absolute atomic E-state index is 11.5. The Hall–Kier alpha value is -1.90. The van der Waals surface area contributed by atoms with E-state index < -0.39 is 5.97 Å². The summed E-state index contributed by atoms with van der Waals surface area (Å²) in [5.74, 6) is -0.902. The van der Waals surface area contributed by atoms with E-state index in [-0.39, 0.29) is 5.41 Å². The van der Waals surface area contributed by atoms with Crippen LogP contribution in [0.15, 0.2) is 18.2 Å². The van der Waals surface area contributed by atoms with E-state index in [1.165, 1.54) is 0 Å². The number of nitrogens with zero attached hydrogens (tertiary/aromatic N) is 1. The predicted molar refractivity (Wildman–Crippen MR) is 76.9 cm³/mol. The van der Waals surface area contributed by atoms with Crippen molar-refractivity contribution < 1.29 is 9.90 Å². The molecule has 0 aliphatic rings. The van der Waals surface area contributed by atoms with Crippen LogP contribution in [0.3, 0.4) is 0 Å². The SMILES string of the molecule is Cc1cc2nc(C(C)(C)C)cc(C(=O)O)c2cc1C. The minimum Gasteiger partial charge on any atom is -0.478 e. The molecule has 0 bridgehead atoms. The van der Waals surface area contributed by atoms with Crippen molar-refractivity contribution in [3.63, 3.8) is 0 Å². The van der Waals surface area contributed by atoms with Crippen LogP contribution in [0.25, 0.3) is 10.9 Å². The van der Waals surface area contributed by atoms with Gasteiger partial charge in [0.1, 0.15) is 0 Å². The van der Waals surface area contributed by atoms with Gasteiger partial charge in [0.25, 0.3) is 0 Å². The lowest BCUT2D eigenvalue weighted by Crippen LogP contribution is -2.15. The molecule has 0 fully saturated rings. The van der Waals surface area contributed by atoms with Gasteiger partial charge in [-0.3, -0.25) is 4.98 Å². The van der Waals surface area contributed by atoms with Crippen LogP contribution in [0.4, 0.5) is 0 Å². The van der Waals surface area contributed by atoms with E-state index in [1.54, 1.807) is 6.07 Å². The zero-order valence-corrected chi connectivity index (χ0v) is 12.0. The summed E-state index contributed by atoms with van der Waals surface area (Å²) in [5.41, 5.74) is 3.94. The van der Waals surface area contributed by atoms with Gasteiger partial charge in [0.05, 0.1) is 11.1 Å².